The van der Waals surface area contributed by atoms with Crippen molar-refractivity contribution in [2.24, 2.45) is 0 Å². The zero-order chi connectivity index (χ0) is 13.9. The zero-order valence-corrected chi connectivity index (χ0v) is 11.1. The highest BCUT2D eigenvalue weighted by Crippen LogP contribution is 2.34. The lowest BCUT2D eigenvalue weighted by atomic mass is 10.2. The normalized spacial score (nSPS) is 11.8. The van der Waals surface area contributed by atoms with Gasteiger partial charge in [0.2, 0.25) is 0 Å². The summed E-state index contributed by atoms with van der Waals surface area (Å²) in [5.74, 6) is -2.12. The van der Waals surface area contributed by atoms with Crippen molar-refractivity contribution in [3.8, 4) is 5.75 Å². The Bertz CT molecular complexity index is 487. The van der Waals surface area contributed by atoms with Crippen LogP contribution in [0.1, 0.15) is 17.3 Å². The van der Waals surface area contributed by atoms with Gasteiger partial charge < -0.3 is 14.6 Å². The van der Waals surface area contributed by atoms with Crippen LogP contribution >= 0.6 is 23.2 Å². The van der Waals surface area contributed by atoms with Crippen molar-refractivity contribution in [1.82, 2.24) is 0 Å². The molecule has 5 nitrogen and oxygen atoms in total. The summed E-state index contributed by atoms with van der Waals surface area (Å²) in [5.41, 5.74) is -0.0974. The third-order valence-corrected chi connectivity index (χ3v) is 2.71. The quantitative estimate of drug-likeness (QED) is 0.864. The molecule has 0 saturated heterocycles. The van der Waals surface area contributed by atoms with E-state index in [4.69, 9.17) is 37.8 Å². The molecule has 0 radical (unpaired) electrons. The van der Waals surface area contributed by atoms with Crippen LogP contribution in [0.3, 0.4) is 0 Å². The Morgan fingerprint density at radius 1 is 1.28 bits per heavy atom. The molecule has 0 saturated carbocycles. The Labute approximate surface area is 113 Å². The number of carboxylic acids is 1. The summed E-state index contributed by atoms with van der Waals surface area (Å²) in [5, 5.41) is 8.91. The molecular formula is C11H10Cl2O5. The Kier molecular flexibility index (Phi) is 4.81. The van der Waals surface area contributed by atoms with Crippen molar-refractivity contribution in [3.05, 3.63) is 27.7 Å². The molecule has 0 heterocycles. The highest BCUT2D eigenvalue weighted by atomic mass is 35.5. The highest BCUT2D eigenvalue weighted by molar-refractivity contribution is 6.37. The molecule has 7 heteroatoms. The molecule has 1 aromatic carbocycles. The van der Waals surface area contributed by atoms with Crippen LogP contribution < -0.4 is 4.74 Å². The molecule has 98 valence electrons. The zero-order valence-electron chi connectivity index (χ0n) is 9.57. The van der Waals surface area contributed by atoms with Crippen LogP contribution in [0.5, 0.6) is 5.75 Å². The van der Waals surface area contributed by atoms with Gasteiger partial charge in [-0.3, -0.25) is 0 Å². The van der Waals surface area contributed by atoms with Gasteiger partial charge in [-0.15, -0.1) is 0 Å². The predicted octanol–water partition coefficient (Wildman–Crippen LogP) is 2.63. The summed E-state index contributed by atoms with van der Waals surface area (Å²) in [6.45, 7) is 1.23. The van der Waals surface area contributed by atoms with Gasteiger partial charge in [0.05, 0.1) is 17.2 Å². The summed E-state index contributed by atoms with van der Waals surface area (Å²) in [4.78, 5) is 22.4. The Morgan fingerprint density at radius 3 is 2.33 bits per heavy atom. The van der Waals surface area contributed by atoms with Crippen LogP contribution in [0.25, 0.3) is 0 Å². The van der Waals surface area contributed by atoms with Gasteiger partial charge in [-0.25, -0.2) is 9.59 Å². The third kappa shape index (κ3) is 3.05. The average Bonchev–Trinajstić information content (AvgIpc) is 2.31. The Balaban J connectivity index is 3.12. The molecule has 0 spiro atoms. The summed E-state index contributed by atoms with van der Waals surface area (Å²) in [6, 6.07) is 2.86. The largest absolute Gasteiger partial charge is 0.494 e. The van der Waals surface area contributed by atoms with Crippen LogP contribution in [0, 0.1) is 0 Å². The number of rotatable bonds is 4. The molecule has 1 N–H and O–H groups in total. The molecule has 1 aromatic rings. The molecule has 18 heavy (non-hydrogen) atoms. The van der Waals surface area contributed by atoms with Crippen LogP contribution in [0.4, 0.5) is 0 Å². The summed E-state index contributed by atoms with van der Waals surface area (Å²) >= 11 is 11.7. The predicted molar refractivity (Wildman–Crippen MR) is 65.5 cm³/mol. The van der Waals surface area contributed by atoms with Crippen molar-refractivity contribution < 1.29 is 24.2 Å². The van der Waals surface area contributed by atoms with Crippen molar-refractivity contribution in [3.63, 3.8) is 0 Å². The van der Waals surface area contributed by atoms with Crippen LogP contribution in [0.15, 0.2) is 12.1 Å². The fourth-order valence-corrected chi connectivity index (χ4v) is 1.65. The number of hydrogen-bond acceptors (Lipinski definition) is 4. The van der Waals surface area contributed by atoms with Gasteiger partial charge in [0.1, 0.15) is 5.56 Å². The highest BCUT2D eigenvalue weighted by Gasteiger charge is 2.24. The second-order valence-corrected chi connectivity index (χ2v) is 4.14. The van der Waals surface area contributed by atoms with E-state index >= 15 is 0 Å². The molecule has 0 aromatic heterocycles. The summed E-state index contributed by atoms with van der Waals surface area (Å²) < 4.78 is 9.67. The lowest BCUT2D eigenvalue weighted by molar-refractivity contribution is -0.146. The Morgan fingerprint density at radius 2 is 1.83 bits per heavy atom. The van der Waals surface area contributed by atoms with Crippen molar-refractivity contribution in [1.29, 1.82) is 0 Å². The maximum atomic E-state index is 11.8. The average molecular weight is 293 g/mol. The van der Waals surface area contributed by atoms with Crippen molar-refractivity contribution in [2.75, 3.05) is 7.11 Å². The number of aliphatic carboxylic acids is 1. The smallest absolute Gasteiger partial charge is 0.344 e. The first-order chi connectivity index (χ1) is 8.38. The second kappa shape index (κ2) is 5.93. The van der Waals surface area contributed by atoms with Gasteiger partial charge in [-0.1, -0.05) is 23.2 Å². The molecule has 1 rings (SSSR count). The molecule has 1 atom stereocenters. The van der Waals surface area contributed by atoms with E-state index < -0.39 is 18.0 Å². The number of halogens is 2. The lowest BCUT2D eigenvalue weighted by Gasteiger charge is -2.13. The van der Waals surface area contributed by atoms with Crippen LogP contribution in [-0.4, -0.2) is 30.3 Å². The number of benzene rings is 1. The molecule has 0 aliphatic rings. The van der Waals surface area contributed by atoms with E-state index in [2.05, 4.69) is 0 Å². The van der Waals surface area contributed by atoms with E-state index in [0.717, 1.165) is 0 Å². The first-order valence-corrected chi connectivity index (χ1v) is 5.59. The number of carbonyl (C=O) groups is 2. The van der Waals surface area contributed by atoms with E-state index in [1.807, 2.05) is 0 Å². The van der Waals surface area contributed by atoms with Crippen LogP contribution in [0.2, 0.25) is 10.0 Å². The van der Waals surface area contributed by atoms with Gasteiger partial charge in [0, 0.05) is 0 Å². The number of ether oxygens (including phenoxy) is 2. The standard InChI is InChI=1S/C11H10Cl2O5/c1-5(10(14)15)18-11(16)8-6(12)3-4-7(13)9(8)17-2/h3-5H,1-2H3,(H,14,15). The monoisotopic (exact) mass is 292 g/mol. The van der Waals surface area contributed by atoms with E-state index in [0.29, 0.717) is 0 Å². The maximum absolute atomic E-state index is 11.8. The summed E-state index contributed by atoms with van der Waals surface area (Å²) in [7, 11) is 1.31. The number of carbonyl (C=O) groups excluding carboxylic acids is 1. The molecular weight excluding hydrogens is 283 g/mol. The summed E-state index contributed by atoms with van der Waals surface area (Å²) in [6.07, 6.45) is -1.29. The number of carboxylic acid groups (broad SMARTS) is 1. The molecule has 1 unspecified atom stereocenters. The van der Waals surface area contributed by atoms with Crippen LogP contribution in [-0.2, 0) is 9.53 Å². The van der Waals surface area contributed by atoms with Gasteiger partial charge in [0.15, 0.2) is 11.9 Å². The van der Waals surface area contributed by atoms with Gasteiger partial charge in [-0.05, 0) is 19.1 Å². The first kappa shape index (κ1) is 14.6. The number of esters is 1. The first-order valence-electron chi connectivity index (χ1n) is 4.84. The second-order valence-electron chi connectivity index (χ2n) is 3.32. The number of methoxy groups -OCH3 is 1. The van der Waals surface area contributed by atoms with E-state index in [1.165, 1.54) is 26.2 Å². The SMILES string of the molecule is COc1c(Cl)ccc(Cl)c1C(=O)OC(C)C(=O)O. The minimum Gasteiger partial charge on any atom is -0.494 e. The van der Waals surface area contributed by atoms with E-state index in [-0.39, 0.29) is 21.4 Å². The molecule has 0 amide bonds. The Hall–Kier alpha value is -1.46. The topological polar surface area (TPSA) is 72.8 Å². The fourth-order valence-electron chi connectivity index (χ4n) is 1.19. The fraction of sp³-hybridized carbons (Fsp3) is 0.273. The maximum Gasteiger partial charge on any atom is 0.344 e. The van der Waals surface area contributed by atoms with E-state index in [9.17, 15) is 9.59 Å². The lowest BCUT2D eigenvalue weighted by Crippen LogP contribution is -2.24. The molecule has 0 aliphatic heterocycles. The van der Waals surface area contributed by atoms with E-state index in [1.54, 1.807) is 0 Å². The third-order valence-electron chi connectivity index (χ3n) is 2.10. The van der Waals surface area contributed by atoms with Crippen molar-refractivity contribution in [2.45, 2.75) is 13.0 Å². The van der Waals surface area contributed by atoms with Gasteiger partial charge in [0.25, 0.3) is 0 Å². The molecule has 0 aliphatic carbocycles. The number of hydrogen-bond donors (Lipinski definition) is 1. The molecule has 0 bridgehead atoms. The minimum absolute atomic E-state index is 0.0479. The minimum atomic E-state index is -1.29. The molecule has 0 fully saturated rings. The van der Waals surface area contributed by atoms with Gasteiger partial charge >= 0.3 is 11.9 Å². The van der Waals surface area contributed by atoms with Crippen molar-refractivity contribution >= 4 is 35.1 Å². The van der Waals surface area contributed by atoms with Gasteiger partial charge in [-0.2, -0.15) is 0 Å².